The summed E-state index contributed by atoms with van der Waals surface area (Å²) in [5, 5.41) is 2.61. The van der Waals surface area contributed by atoms with Gasteiger partial charge < -0.3 is 14.8 Å². The molecule has 0 aliphatic carbocycles. The normalized spacial score (nSPS) is 12.1. The molecule has 0 fully saturated rings. The van der Waals surface area contributed by atoms with Gasteiger partial charge >= 0.3 is 5.97 Å². The van der Waals surface area contributed by atoms with Gasteiger partial charge in [0, 0.05) is 5.69 Å². The van der Waals surface area contributed by atoms with E-state index in [4.69, 9.17) is 9.47 Å². The van der Waals surface area contributed by atoms with Gasteiger partial charge in [0.2, 0.25) is 15.9 Å². The number of anilines is 1. The van der Waals surface area contributed by atoms with Gasteiger partial charge in [0.25, 0.3) is 0 Å². The molecule has 0 saturated carbocycles. The molecule has 0 aliphatic heterocycles. The summed E-state index contributed by atoms with van der Waals surface area (Å²) in [5.41, 5.74) is 1.44. The maximum absolute atomic E-state index is 12.5. The Balaban J connectivity index is 2.04. The predicted octanol–water partition coefficient (Wildman–Crippen LogP) is 2.49. The summed E-state index contributed by atoms with van der Waals surface area (Å²) in [4.78, 5) is 24.0. The van der Waals surface area contributed by atoms with E-state index in [1.165, 1.54) is 50.4 Å². The Morgan fingerprint density at radius 3 is 2.31 bits per heavy atom. The summed E-state index contributed by atoms with van der Waals surface area (Å²) in [6.45, 7) is 5.15. The van der Waals surface area contributed by atoms with Crippen LogP contribution in [0.2, 0.25) is 0 Å². The average molecular weight is 420 g/mol. The zero-order valence-electron chi connectivity index (χ0n) is 16.7. The molecular formula is C20H24N2O6S. The molecule has 0 bridgehead atoms. The number of amides is 1. The number of hydrogen-bond acceptors (Lipinski definition) is 6. The van der Waals surface area contributed by atoms with Crippen molar-refractivity contribution in [2.45, 2.75) is 31.7 Å². The number of aryl methyl sites for hydroxylation is 1. The summed E-state index contributed by atoms with van der Waals surface area (Å²) in [6.07, 6.45) is 0. The number of esters is 1. The van der Waals surface area contributed by atoms with Crippen LogP contribution in [0.1, 0.15) is 29.8 Å². The molecule has 2 rings (SSSR count). The van der Waals surface area contributed by atoms with Crippen LogP contribution in [0.5, 0.6) is 5.75 Å². The molecule has 1 atom stereocenters. The number of carbonyl (C=O) groups excluding carboxylic acids is 2. The third-order valence-electron chi connectivity index (χ3n) is 4.07. The molecule has 2 aromatic rings. The summed E-state index contributed by atoms with van der Waals surface area (Å²) in [7, 11) is -2.40. The molecule has 0 aliphatic rings. The fourth-order valence-electron chi connectivity index (χ4n) is 2.53. The van der Waals surface area contributed by atoms with E-state index in [-0.39, 0.29) is 11.5 Å². The van der Waals surface area contributed by atoms with Gasteiger partial charge in [0.1, 0.15) is 5.75 Å². The fourth-order valence-corrected chi connectivity index (χ4v) is 3.81. The smallest absolute Gasteiger partial charge is 0.338 e. The lowest BCUT2D eigenvalue weighted by Crippen LogP contribution is -2.41. The Bertz CT molecular complexity index is 987. The zero-order valence-corrected chi connectivity index (χ0v) is 17.5. The Morgan fingerprint density at radius 1 is 1.10 bits per heavy atom. The van der Waals surface area contributed by atoms with E-state index in [1.54, 1.807) is 19.9 Å². The molecule has 2 aromatic carbocycles. The maximum atomic E-state index is 12.5. The van der Waals surface area contributed by atoms with Crippen molar-refractivity contribution >= 4 is 27.6 Å². The van der Waals surface area contributed by atoms with Crippen molar-refractivity contribution < 1.29 is 27.5 Å². The van der Waals surface area contributed by atoms with Gasteiger partial charge in [-0.25, -0.2) is 13.2 Å². The monoisotopic (exact) mass is 420 g/mol. The first-order valence-electron chi connectivity index (χ1n) is 8.93. The summed E-state index contributed by atoms with van der Waals surface area (Å²) >= 11 is 0. The molecule has 2 N–H and O–H groups in total. The second-order valence-corrected chi connectivity index (χ2v) is 7.98. The Morgan fingerprint density at radius 2 is 1.76 bits per heavy atom. The van der Waals surface area contributed by atoms with Crippen molar-refractivity contribution in [1.82, 2.24) is 4.72 Å². The van der Waals surface area contributed by atoms with E-state index >= 15 is 0 Å². The topological polar surface area (TPSA) is 111 Å². The van der Waals surface area contributed by atoms with Crippen LogP contribution in [0.15, 0.2) is 47.4 Å². The van der Waals surface area contributed by atoms with E-state index < -0.39 is 27.9 Å². The van der Waals surface area contributed by atoms with Crippen LogP contribution in [-0.2, 0) is 19.6 Å². The number of hydrogen-bond donors (Lipinski definition) is 2. The fraction of sp³-hybridized carbons (Fsp3) is 0.300. The first-order chi connectivity index (χ1) is 13.7. The zero-order chi connectivity index (χ0) is 21.6. The van der Waals surface area contributed by atoms with Gasteiger partial charge in [-0.05, 0) is 68.8 Å². The minimum Gasteiger partial charge on any atom is -0.496 e. The van der Waals surface area contributed by atoms with Gasteiger partial charge in [-0.1, -0.05) is 0 Å². The van der Waals surface area contributed by atoms with Crippen LogP contribution >= 0.6 is 0 Å². The second-order valence-electron chi connectivity index (χ2n) is 6.26. The third-order valence-corrected chi connectivity index (χ3v) is 5.60. The number of rotatable bonds is 8. The number of methoxy groups -OCH3 is 1. The molecule has 0 spiro atoms. The van der Waals surface area contributed by atoms with Crippen LogP contribution in [0.4, 0.5) is 5.69 Å². The van der Waals surface area contributed by atoms with Gasteiger partial charge in [0.15, 0.2) is 0 Å². The third kappa shape index (κ3) is 5.78. The summed E-state index contributed by atoms with van der Waals surface area (Å²) in [5.74, 6) is -0.426. The number of sulfonamides is 1. The summed E-state index contributed by atoms with van der Waals surface area (Å²) < 4.78 is 37.5. The van der Waals surface area contributed by atoms with Gasteiger partial charge in [-0.3, -0.25) is 4.79 Å². The van der Waals surface area contributed by atoms with Crippen molar-refractivity contribution in [2.75, 3.05) is 19.0 Å². The minimum atomic E-state index is -3.90. The lowest BCUT2D eigenvalue weighted by atomic mass is 10.2. The van der Waals surface area contributed by atoms with E-state index in [9.17, 15) is 18.0 Å². The predicted molar refractivity (Wildman–Crippen MR) is 109 cm³/mol. The summed E-state index contributed by atoms with van der Waals surface area (Å²) in [6, 6.07) is 9.53. The van der Waals surface area contributed by atoms with Gasteiger partial charge in [0.05, 0.1) is 30.2 Å². The SMILES string of the molecule is CCOC(=O)c1ccc(NC(=O)[C@H](C)NS(=O)(=O)c2ccc(OC)c(C)c2)cc1. The standard InChI is InChI=1S/C20H24N2O6S/c1-5-28-20(24)15-6-8-16(9-7-15)21-19(23)14(3)22-29(25,26)17-10-11-18(27-4)13(2)12-17/h6-12,14,22H,5H2,1-4H3,(H,21,23)/t14-/m0/s1. The molecule has 29 heavy (non-hydrogen) atoms. The highest BCUT2D eigenvalue weighted by atomic mass is 32.2. The molecule has 1 amide bonds. The second kappa shape index (κ2) is 9.53. The minimum absolute atomic E-state index is 0.0363. The van der Waals surface area contributed by atoms with Crippen LogP contribution in [0.25, 0.3) is 0 Å². The van der Waals surface area contributed by atoms with Crippen molar-refractivity contribution in [3.63, 3.8) is 0 Å². The van der Waals surface area contributed by atoms with E-state index in [1.807, 2.05) is 0 Å². The van der Waals surface area contributed by atoms with Crippen LogP contribution in [-0.4, -0.2) is 40.1 Å². The lowest BCUT2D eigenvalue weighted by molar-refractivity contribution is -0.117. The van der Waals surface area contributed by atoms with Crippen molar-refractivity contribution in [3.8, 4) is 5.75 Å². The van der Waals surface area contributed by atoms with Crippen LogP contribution < -0.4 is 14.8 Å². The molecule has 8 nitrogen and oxygen atoms in total. The molecular weight excluding hydrogens is 396 g/mol. The van der Waals surface area contributed by atoms with Gasteiger partial charge in [-0.15, -0.1) is 0 Å². The number of ether oxygens (including phenoxy) is 2. The Hall–Kier alpha value is -2.91. The molecule has 9 heteroatoms. The van der Waals surface area contributed by atoms with E-state index in [0.29, 0.717) is 22.6 Å². The van der Waals surface area contributed by atoms with E-state index in [2.05, 4.69) is 10.0 Å². The molecule has 0 saturated heterocycles. The first kappa shape index (κ1) is 22.4. The molecule has 0 radical (unpaired) electrons. The van der Waals surface area contributed by atoms with Crippen molar-refractivity contribution in [1.29, 1.82) is 0 Å². The first-order valence-corrected chi connectivity index (χ1v) is 10.4. The quantitative estimate of drug-likeness (QED) is 0.635. The number of nitrogens with one attached hydrogen (secondary N) is 2. The molecule has 0 aromatic heterocycles. The van der Waals surface area contributed by atoms with Gasteiger partial charge in [-0.2, -0.15) is 4.72 Å². The number of carbonyl (C=O) groups is 2. The molecule has 0 heterocycles. The molecule has 156 valence electrons. The van der Waals surface area contributed by atoms with Crippen LogP contribution in [0.3, 0.4) is 0 Å². The van der Waals surface area contributed by atoms with E-state index in [0.717, 1.165) is 0 Å². The lowest BCUT2D eigenvalue weighted by Gasteiger charge is -2.15. The highest BCUT2D eigenvalue weighted by Gasteiger charge is 2.23. The highest BCUT2D eigenvalue weighted by Crippen LogP contribution is 2.21. The average Bonchev–Trinajstić information content (AvgIpc) is 2.68. The Labute approximate surface area is 170 Å². The molecule has 0 unspecified atom stereocenters. The maximum Gasteiger partial charge on any atom is 0.338 e. The Kier molecular flexibility index (Phi) is 7.35. The van der Waals surface area contributed by atoms with Crippen LogP contribution in [0, 0.1) is 6.92 Å². The number of benzene rings is 2. The van der Waals surface area contributed by atoms with Crippen molar-refractivity contribution in [2.24, 2.45) is 0 Å². The largest absolute Gasteiger partial charge is 0.496 e. The highest BCUT2D eigenvalue weighted by molar-refractivity contribution is 7.89. The van der Waals surface area contributed by atoms with Crippen molar-refractivity contribution in [3.05, 3.63) is 53.6 Å².